The summed E-state index contributed by atoms with van der Waals surface area (Å²) in [5.41, 5.74) is 3.42. The maximum atomic E-state index is 10.7. The average Bonchev–Trinajstić information content (AvgIpc) is 3.20. The molecule has 0 aromatic rings. The Labute approximate surface area is 381 Å². The Morgan fingerprint density at radius 2 is 0.656 bits per heavy atom. The van der Waals surface area contributed by atoms with Gasteiger partial charge in [0.2, 0.25) is 0 Å². The molecule has 12 heteroatoms. The fourth-order valence-corrected chi connectivity index (χ4v) is 6.07. The number of rotatable bonds is 20. The van der Waals surface area contributed by atoms with E-state index in [9.17, 15) is 40.9 Å². The summed E-state index contributed by atoms with van der Waals surface area (Å²) < 4.78 is 22.8. The fraction of sp³-hybridized carbons (Fsp3) is 0.500. The lowest BCUT2D eigenvalue weighted by Gasteiger charge is -2.41. The highest BCUT2D eigenvalue weighted by atomic mass is 16.7. The average molecular weight is 893 g/mol. The van der Waals surface area contributed by atoms with Gasteiger partial charge in [-0.3, -0.25) is 0 Å². The molecule has 0 aromatic heterocycles. The second-order valence-electron chi connectivity index (χ2n) is 17.8. The minimum absolute atomic E-state index is 0.754. The number of aliphatic hydroxyl groups excluding tert-OH is 6. The molecule has 0 spiro atoms. The van der Waals surface area contributed by atoms with E-state index in [2.05, 4.69) is 0 Å². The van der Waals surface area contributed by atoms with Crippen LogP contribution in [0.15, 0.2) is 155 Å². The van der Waals surface area contributed by atoms with Gasteiger partial charge < -0.3 is 59.8 Å². The zero-order chi connectivity index (χ0) is 48.4. The number of hydrogen-bond donors (Lipinski definition) is 8. The van der Waals surface area contributed by atoms with E-state index in [1.807, 2.05) is 139 Å². The lowest BCUT2D eigenvalue weighted by atomic mass is 9.98. The Kier molecular flexibility index (Phi) is 23.7. The second kappa shape index (κ2) is 26.9. The summed E-state index contributed by atoms with van der Waals surface area (Å²) in [7, 11) is 0. The minimum atomic E-state index is -1.47. The zero-order valence-electron chi connectivity index (χ0n) is 39.7. The van der Waals surface area contributed by atoms with Gasteiger partial charge in [0.15, 0.2) is 12.6 Å². The van der Waals surface area contributed by atoms with Crippen LogP contribution in [0.5, 0.6) is 0 Å². The molecule has 2 aliphatic heterocycles. The normalized spacial score (nSPS) is 30.5. The topological polar surface area (TPSA) is 199 Å². The maximum absolute atomic E-state index is 10.7. The lowest BCUT2D eigenvalue weighted by Crippen LogP contribution is -2.58. The standard InChI is InChI=1S/C52H76O12/c1-33(21-15-23-35(3)25-17-27-37(5)29-31-41(51(9,10)59)63-49-47(57)45(55)43(53)39(7)61-49)19-13-14-20-34(2)22-16-24-36(4)26-18-28-38(6)30-32-42(52(11,12)60)64-50-48(58)46(56)44(54)40(8)62-50/h13-32,39-50,53-60H,1-12H3/b14-13+,21-15+,22-16+,25-17+,26-18+,31-29+,32-30+,33-19+,34-20+,35-23+,36-24+,37-27+,38-28+/t39-,40-,41+,42+,43-,44-,45+,46+,47-,48-,49?,50?/m1/s1. The quantitative estimate of drug-likeness (QED) is 0.0617. The van der Waals surface area contributed by atoms with Crippen LogP contribution in [0.2, 0.25) is 0 Å². The Bertz CT molecular complexity index is 1740. The molecule has 2 heterocycles. The van der Waals surface area contributed by atoms with Crippen LogP contribution in [0, 0.1) is 0 Å². The van der Waals surface area contributed by atoms with Crippen molar-refractivity contribution in [3.05, 3.63) is 155 Å². The third kappa shape index (κ3) is 20.1. The van der Waals surface area contributed by atoms with Gasteiger partial charge in [-0.2, -0.15) is 0 Å². The first-order chi connectivity index (χ1) is 29.8. The molecule has 2 fully saturated rings. The molecule has 0 amide bonds. The van der Waals surface area contributed by atoms with Crippen molar-refractivity contribution in [2.24, 2.45) is 0 Å². The summed E-state index contributed by atoms with van der Waals surface area (Å²) in [6, 6.07) is 0. The number of allylic oxidation sites excluding steroid dienone is 24. The van der Waals surface area contributed by atoms with Crippen LogP contribution in [-0.2, 0) is 18.9 Å². The SMILES string of the molecule is CC(/C=C/C=C(C)/C=C/C=C(C)/C=C/[C@H](OC1O[C@H](C)[C@@H](O)[C@H](O)[C@H]1O)C(C)(C)O)=C\C=C\C=C(C)\C=C\C=C(C)\C=C\C=C(C)\C=C\[C@H](OC1O[C@H](C)[C@@H](O)[C@H](O)[C@H]1O)C(C)(C)O. The van der Waals surface area contributed by atoms with Gasteiger partial charge in [-0.25, -0.2) is 0 Å². The molecule has 0 aromatic carbocycles. The van der Waals surface area contributed by atoms with Crippen molar-refractivity contribution in [3.63, 3.8) is 0 Å². The highest BCUT2D eigenvalue weighted by Gasteiger charge is 2.45. The molecule has 12 atom stereocenters. The van der Waals surface area contributed by atoms with Crippen LogP contribution in [0.4, 0.5) is 0 Å². The van der Waals surface area contributed by atoms with Gasteiger partial charge in [0.25, 0.3) is 0 Å². The molecule has 2 saturated heterocycles. The molecule has 64 heavy (non-hydrogen) atoms. The third-order valence-electron chi connectivity index (χ3n) is 10.3. The van der Waals surface area contributed by atoms with Crippen molar-refractivity contribution < 1.29 is 59.8 Å². The predicted molar refractivity (Wildman–Crippen MR) is 254 cm³/mol. The summed E-state index contributed by atoms with van der Waals surface area (Å²) in [6.45, 7) is 21.3. The first-order valence-corrected chi connectivity index (χ1v) is 21.7. The highest BCUT2D eigenvalue weighted by Crippen LogP contribution is 2.28. The number of hydrogen-bond acceptors (Lipinski definition) is 12. The first kappa shape index (κ1) is 56.3. The van der Waals surface area contributed by atoms with E-state index < -0.39 is 84.8 Å². The molecule has 0 bridgehead atoms. The van der Waals surface area contributed by atoms with Gasteiger partial charge in [-0.15, -0.1) is 0 Å². The number of aliphatic hydroxyl groups is 8. The van der Waals surface area contributed by atoms with Gasteiger partial charge in [-0.05, 0) is 83.1 Å². The van der Waals surface area contributed by atoms with Crippen LogP contribution in [0.25, 0.3) is 0 Å². The van der Waals surface area contributed by atoms with Gasteiger partial charge in [0.1, 0.15) is 48.8 Å². The highest BCUT2D eigenvalue weighted by molar-refractivity contribution is 5.34. The molecule has 2 unspecified atom stereocenters. The monoisotopic (exact) mass is 893 g/mol. The van der Waals surface area contributed by atoms with E-state index in [4.69, 9.17) is 18.9 Å². The zero-order valence-corrected chi connectivity index (χ0v) is 39.7. The van der Waals surface area contributed by atoms with Crippen molar-refractivity contribution in [1.29, 1.82) is 0 Å². The third-order valence-corrected chi connectivity index (χ3v) is 10.3. The van der Waals surface area contributed by atoms with Crippen LogP contribution >= 0.6 is 0 Å². The Balaban J connectivity index is 1.89. The molecule has 12 nitrogen and oxygen atoms in total. The Morgan fingerprint density at radius 1 is 0.406 bits per heavy atom. The molecular weight excluding hydrogens is 817 g/mol. The van der Waals surface area contributed by atoms with E-state index in [0.717, 1.165) is 33.4 Å². The largest absolute Gasteiger partial charge is 0.388 e. The first-order valence-electron chi connectivity index (χ1n) is 21.7. The van der Waals surface area contributed by atoms with Crippen molar-refractivity contribution >= 4 is 0 Å². The van der Waals surface area contributed by atoms with Crippen molar-refractivity contribution in [2.75, 3.05) is 0 Å². The molecule has 0 radical (unpaired) electrons. The molecule has 0 aliphatic carbocycles. The van der Waals surface area contributed by atoms with Gasteiger partial charge in [-0.1, -0.05) is 155 Å². The lowest BCUT2D eigenvalue weighted by molar-refractivity contribution is -0.309. The molecule has 2 aliphatic rings. The smallest absolute Gasteiger partial charge is 0.187 e. The minimum Gasteiger partial charge on any atom is -0.388 e. The molecular formula is C52H76O12. The molecule has 8 N–H and O–H groups in total. The molecule has 0 saturated carbocycles. The summed E-state index contributed by atoms with van der Waals surface area (Å²) in [4.78, 5) is 0. The Hall–Kier alpha value is -3.86. The second-order valence-corrected chi connectivity index (χ2v) is 17.8. The van der Waals surface area contributed by atoms with Crippen LogP contribution in [-0.4, -0.2) is 126 Å². The van der Waals surface area contributed by atoms with E-state index in [1.54, 1.807) is 65.8 Å². The maximum Gasteiger partial charge on any atom is 0.187 e. The summed E-state index contributed by atoms with van der Waals surface area (Å²) >= 11 is 0. The predicted octanol–water partition coefficient (Wildman–Crippen LogP) is 6.52. The van der Waals surface area contributed by atoms with E-state index >= 15 is 0 Å². The van der Waals surface area contributed by atoms with Gasteiger partial charge in [0.05, 0.1) is 23.4 Å². The van der Waals surface area contributed by atoms with E-state index in [-0.39, 0.29) is 0 Å². The van der Waals surface area contributed by atoms with E-state index in [1.165, 1.54) is 0 Å². The molecule has 356 valence electrons. The number of ether oxygens (including phenoxy) is 4. The molecule has 2 rings (SSSR count). The van der Waals surface area contributed by atoms with Crippen molar-refractivity contribution in [2.45, 2.75) is 168 Å². The van der Waals surface area contributed by atoms with Gasteiger partial charge >= 0.3 is 0 Å². The van der Waals surface area contributed by atoms with Crippen LogP contribution < -0.4 is 0 Å². The van der Waals surface area contributed by atoms with E-state index in [0.29, 0.717) is 0 Å². The van der Waals surface area contributed by atoms with Crippen molar-refractivity contribution in [1.82, 2.24) is 0 Å². The fourth-order valence-electron chi connectivity index (χ4n) is 6.07. The van der Waals surface area contributed by atoms with Crippen molar-refractivity contribution in [3.8, 4) is 0 Å². The summed E-state index contributed by atoms with van der Waals surface area (Å²) in [6.07, 6.45) is 24.7. The van der Waals surface area contributed by atoms with Crippen LogP contribution in [0.1, 0.15) is 83.1 Å². The summed E-state index contributed by atoms with van der Waals surface area (Å²) in [5, 5.41) is 82.2. The summed E-state index contributed by atoms with van der Waals surface area (Å²) in [5.74, 6) is 0. The Morgan fingerprint density at radius 3 is 0.922 bits per heavy atom. The van der Waals surface area contributed by atoms with Crippen LogP contribution in [0.3, 0.4) is 0 Å². The van der Waals surface area contributed by atoms with Gasteiger partial charge in [0, 0.05) is 0 Å².